The van der Waals surface area contributed by atoms with Crippen LogP contribution in [0, 0.1) is 5.82 Å². The van der Waals surface area contributed by atoms with Crippen molar-refractivity contribution >= 4 is 33.7 Å². The molecule has 0 amide bonds. The third kappa shape index (κ3) is 4.54. The van der Waals surface area contributed by atoms with Gasteiger partial charge in [-0.25, -0.2) is 13.6 Å². The average Bonchev–Trinajstić information content (AvgIpc) is 3.02. The summed E-state index contributed by atoms with van der Waals surface area (Å²) in [5.74, 6) is -0.622. The zero-order chi connectivity index (χ0) is 21.0. The molecule has 3 rings (SSSR count). The number of fused-ring (bicyclic) bond motifs is 1. The van der Waals surface area contributed by atoms with Crippen molar-refractivity contribution in [1.82, 2.24) is 9.55 Å². The third-order valence-electron chi connectivity index (χ3n) is 4.38. The molecule has 0 radical (unpaired) electrons. The van der Waals surface area contributed by atoms with Gasteiger partial charge in [0, 0.05) is 13.0 Å². The molecule has 0 aliphatic carbocycles. The van der Waals surface area contributed by atoms with Gasteiger partial charge in [0.25, 0.3) is 0 Å². The molecule has 0 saturated heterocycles. The predicted molar refractivity (Wildman–Crippen MR) is 112 cm³/mol. The van der Waals surface area contributed by atoms with E-state index in [1.807, 2.05) is 6.92 Å². The standard InChI is InChI=1S/C21H22FN3O3S/c1-3-5-20-23-18-13-16(8-11-19(18)24(20)14-21(26)27)25(12-4-2)29(28)17-9-6-15(22)7-10-17/h4,6-11,13H,2-3,5,12,14H2,1H3,(H,26,27). The van der Waals surface area contributed by atoms with Crippen molar-refractivity contribution in [3.63, 3.8) is 0 Å². The van der Waals surface area contributed by atoms with Crippen molar-refractivity contribution in [2.45, 2.75) is 31.2 Å². The highest BCUT2D eigenvalue weighted by molar-refractivity contribution is 7.86. The maximum absolute atomic E-state index is 13.2. The lowest BCUT2D eigenvalue weighted by molar-refractivity contribution is -0.137. The number of aromatic nitrogens is 2. The fraction of sp³-hybridized carbons (Fsp3) is 0.238. The second-order valence-corrected chi connectivity index (χ2v) is 7.89. The van der Waals surface area contributed by atoms with Gasteiger partial charge in [0.15, 0.2) is 11.0 Å². The zero-order valence-corrected chi connectivity index (χ0v) is 16.9. The first-order chi connectivity index (χ1) is 13.9. The highest BCUT2D eigenvalue weighted by Gasteiger charge is 2.18. The maximum Gasteiger partial charge on any atom is 0.323 e. The van der Waals surface area contributed by atoms with Gasteiger partial charge in [-0.1, -0.05) is 13.0 Å². The summed E-state index contributed by atoms with van der Waals surface area (Å²) >= 11 is 0. The Morgan fingerprint density at radius 1 is 1.31 bits per heavy atom. The van der Waals surface area contributed by atoms with E-state index in [9.17, 15) is 18.5 Å². The Morgan fingerprint density at radius 2 is 2.03 bits per heavy atom. The van der Waals surface area contributed by atoms with Gasteiger partial charge in [0.1, 0.15) is 18.2 Å². The first-order valence-corrected chi connectivity index (χ1v) is 10.3. The molecule has 6 nitrogen and oxygen atoms in total. The third-order valence-corrected chi connectivity index (χ3v) is 5.81. The van der Waals surface area contributed by atoms with E-state index < -0.39 is 22.8 Å². The number of carbonyl (C=O) groups is 1. The molecule has 0 saturated carbocycles. The monoisotopic (exact) mass is 415 g/mol. The Balaban J connectivity index is 2.03. The van der Waals surface area contributed by atoms with Crippen molar-refractivity contribution in [2.24, 2.45) is 0 Å². The van der Waals surface area contributed by atoms with Gasteiger partial charge in [0.2, 0.25) is 0 Å². The van der Waals surface area contributed by atoms with E-state index in [1.165, 1.54) is 24.3 Å². The van der Waals surface area contributed by atoms with E-state index in [1.54, 1.807) is 33.1 Å². The normalized spacial score (nSPS) is 12.1. The maximum atomic E-state index is 13.2. The van der Waals surface area contributed by atoms with Crippen LogP contribution in [0.25, 0.3) is 11.0 Å². The van der Waals surface area contributed by atoms with Crippen LogP contribution in [0.5, 0.6) is 0 Å². The van der Waals surface area contributed by atoms with E-state index in [-0.39, 0.29) is 6.54 Å². The van der Waals surface area contributed by atoms with Crippen LogP contribution in [0.4, 0.5) is 10.1 Å². The van der Waals surface area contributed by atoms with Crippen molar-refractivity contribution in [2.75, 3.05) is 10.8 Å². The van der Waals surface area contributed by atoms with Gasteiger partial charge in [-0.15, -0.1) is 6.58 Å². The number of aliphatic carboxylic acids is 1. The van der Waals surface area contributed by atoms with Crippen LogP contribution in [0.15, 0.2) is 60.0 Å². The molecule has 2 aromatic carbocycles. The summed E-state index contributed by atoms with van der Waals surface area (Å²) in [5.41, 5.74) is 2.01. The Kier molecular flexibility index (Phi) is 6.43. The van der Waals surface area contributed by atoms with Crippen LogP contribution in [0.3, 0.4) is 0 Å². The molecule has 29 heavy (non-hydrogen) atoms. The Morgan fingerprint density at radius 3 is 2.66 bits per heavy atom. The summed E-state index contributed by atoms with van der Waals surface area (Å²) in [4.78, 5) is 16.3. The van der Waals surface area contributed by atoms with Crippen molar-refractivity contribution in [3.8, 4) is 0 Å². The lowest BCUT2D eigenvalue weighted by Crippen LogP contribution is -2.25. The Labute approximate surface area is 170 Å². The van der Waals surface area contributed by atoms with Gasteiger partial charge in [-0.05, 0) is 48.9 Å². The van der Waals surface area contributed by atoms with Crippen molar-refractivity contribution in [3.05, 3.63) is 66.8 Å². The summed E-state index contributed by atoms with van der Waals surface area (Å²) < 4.78 is 29.6. The smallest absolute Gasteiger partial charge is 0.323 e. The summed E-state index contributed by atoms with van der Waals surface area (Å²) in [6.45, 7) is 5.89. The first-order valence-electron chi connectivity index (χ1n) is 9.21. The second-order valence-electron chi connectivity index (χ2n) is 6.48. The number of benzene rings is 2. The van der Waals surface area contributed by atoms with Crippen LogP contribution in [-0.2, 0) is 28.7 Å². The largest absolute Gasteiger partial charge is 0.480 e. The van der Waals surface area contributed by atoms with Crippen molar-refractivity contribution < 1.29 is 18.5 Å². The van der Waals surface area contributed by atoms with Crippen LogP contribution in [0.2, 0.25) is 0 Å². The molecule has 1 N–H and O–H groups in total. The number of imidazole rings is 1. The average molecular weight is 415 g/mol. The molecular formula is C21H22FN3O3S. The number of carboxylic acids is 1. The number of halogens is 1. The highest BCUT2D eigenvalue weighted by Crippen LogP contribution is 2.26. The minimum Gasteiger partial charge on any atom is -0.480 e. The molecule has 0 spiro atoms. The number of hydrogen-bond acceptors (Lipinski definition) is 3. The predicted octanol–water partition coefficient (Wildman–Crippen LogP) is 3.93. The van der Waals surface area contributed by atoms with Gasteiger partial charge in [-0.2, -0.15) is 0 Å². The molecule has 152 valence electrons. The Hall–Kier alpha value is -3.00. The fourth-order valence-electron chi connectivity index (χ4n) is 3.11. The lowest BCUT2D eigenvalue weighted by atomic mass is 10.2. The molecule has 0 aliphatic heterocycles. The van der Waals surface area contributed by atoms with Crippen LogP contribution in [0.1, 0.15) is 19.2 Å². The van der Waals surface area contributed by atoms with E-state index in [2.05, 4.69) is 11.6 Å². The summed E-state index contributed by atoms with van der Waals surface area (Å²) in [6.07, 6.45) is 3.14. The summed E-state index contributed by atoms with van der Waals surface area (Å²) in [5, 5.41) is 9.23. The minimum absolute atomic E-state index is 0.164. The number of hydrogen-bond donors (Lipinski definition) is 1. The molecule has 1 aromatic heterocycles. The summed E-state index contributed by atoms with van der Waals surface area (Å²) in [7, 11) is -1.57. The Bertz CT molecular complexity index is 1060. The number of carboxylic acid groups (broad SMARTS) is 1. The van der Waals surface area contributed by atoms with E-state index in [0.717, 1.165) is 6.42 Å². The number of anilines is 1. The number of nitrogens with zero attached hydrogens (tertiary/aromatic N) is 3. The van der Waals surface area contributed by atoms with Crippen LogP contribution < -0.4 is 4.31 Å². The van der Waals surface area contributed by atoms with E-state index >= 15 is 0 Å². The molecule has 1 unspecified atom stereocenters. The SMILES string of the molecule is C=CCN(c1ccc2c(c1)nc(CCC)n2CC(=O)O)S(=O)c1ccc(F)cc1. The van der Waals surface area contributed by atoms with E-state index in [4.69, 9.17) is 0 Å². The second kappa shape index (κ2) is 9.00. The zero-order valence-electron chi connectivity index (χ0n) is 16.0. The molecule has 0 aliphatic rings. The quantitative estimate of drug-likeness (QED) is 0.538. The molecular weight excluding hydrogens is 393 g/mol. The number of aryl methyl sites for hydroxylation is 1. The van der Waals surface area contributed by atoms with Gasteiger partial charge in [0.05, 0.1) is 21.6 Å². The minimum atomic E-state index is -1.57. The van der Waals surface area contributed by atoms with Gasteiger partial charge >= 0.3 is 5.97 Å². The first kappa shape index (κ1) is 20.7. The molecule has 8 heteroatoms. The van der Waals surface area contributed by atoms with Crippen LogP contribution in [-0.4, -0.2) is 31.4 Å². The van der Waals surface area contributed by atoms with Crippen LogP contribution >= 0.6 is 0 Å². The molecule has 0 fully saturated rings. The van der Waals surface area contributed by atoms with Gasteiger partial charge in [-0.3, -0.25) is 9.10 Å². The molecule has 1 atom stereocenters. The highest BCUT2D eigenvalue weighted by atomic mass is 32.2. The molecule has 1 heterocycles. The fourth-order valence-corrected chi connectivity index (χ4v) is 4.28. The lowest BCUT2D eigenvalue weighted by Gasteiger charge is -2.22. The molecule has 0 bridgehead atoms. The van der Waals surface area contributed by atoms with Gasteiger partial charge < -0.3 is 9.67 Å². The van der Waals surface area contributed by atoms with E-state index in [0.29, 0.717) is 40.4 Å². The topological polar surface area (TPSA) is 75.4 Å². The van der Waals surface area contributed by atoms with Crippen molar-refractivity contribution in [1.29, 1.82) is 0 Å². The number of rotatable bonds is 9. The molecule has 3 aromatic rings. The summed E-state index contributed by atoms with van der Waals surface area (Å²) in [6, 6.07) is 10.9.